The van der Waals surface area contributed by atoms with Crippen molar-refractivity contribution in [2.45, 2.75) is 18.9 Å². The van der Waals surface area contributed by atoms with E-state index in [9.17, 15) is 31.1 Å². The number of halogens is 6. The summed E-state index contributed by atoms with van der Waals surface area (Å²) in [6.45, 7) is -0.494. The second-order valence-corrected chi connectivity index (χ2v) is 5.86. The van der Waals surface area contributed by atoms with Crippen LogP contribution in [0.25, 0.3) is 5.69 Å². The third-order valence-electron chi connectivity index (χ3n) is 3.83. The Bertz CT molecular complexity index is 1080. The van der Waals surface area contributed by atoms with Gasteiger partial charge in [0.2, 0.25) is 0 Å². The molecule has 29 heavy (non-hydrogen) atoms. The van der Waals surface area contributed by atoms with Gasteiger partial charge in [-0.3, -0.25) is 4.79 Å². The average Bonchev–Trinajstić information content (AvgIpc) is 3.07. The van der Waals surface area contributed by atoms with Crippen molar-refractivity contribution in [3.8, 4) is 5.69 Å². The fourth-order valence-corrected chi connectivity index (χ4v) is 2.62. The van der Waals surface area contributed by atoms with Crippen molar-refractivity contribution in [2.24, 2.45) is 4.99 Å². The summed E-state index contributed by atoms with van der Waals surface area (Å²) in [5.74, 6) is -2.35. The molecule has 0 saturated heterocycles. The summed E-state index contributed by atoms with van der Waals surface area (Å²) < 4.78 is 80.3. The van der Waals surface area contributed by atoms with Gasteiger partial charge in [-0.25, -0.2) is 4.68 Å². The first kappa shape index (κ1) is 20.4. The molecule has 0 fully saturated rings. The van der Waals surface area contributed by atoms with E-state index in [0.717, 1.165) is 16.8 Å². The molecule has 0 N–H and O–H groups in total. The van der Waals surface area contributed by atoms with Crippen LogP contribution in [0.1, 0.15) is 11.3 Å². The van der Waals surface area contributed by atoms with Crippen LogP contribution in [0.3, 0.4) is 0 Å². The van der Waals surface area contributed by atoms with Gasteiger partial charge in [0, 0.05) is 11.8 Å². The number of alkyl halides is 6. The minimum Gasteiger partial charge on any atom is -0.328 e. The highest BCUT2D eigenvalue weighted by molar-refractivity contribution is 5.82. The summed E-state index contributed by atoms with van der Waals surface area (Å²) in [7, 11) is 0. The van der Waals surface area contributed by atoms with E-state index in [2.05, 4.69) is 10.1 Å². The van der Waals surface area contributed by atoms with Gasteiger partial charge in [-0.2, -0.15) is 36.4 Å². The molecule has 2 heterocycles. The molecule has 0 spiro atoms. The normalized spacial score (nSPS) is 13.0. The molecule has 0 radical (unpaired) electrons. The van der Waals surface area contributed by atoms with Crippen molar-refractivity contribution >= 4 is 5.91 Å². The van der Waals surface area contributed by atoms with Gasteiger partial charge in [-0.15, -0.1) is 0 Å². The van der Waals surface area contributed by atoms with Crippen molar-refractivity contribution < 1.29 is 31.1 Å². The Kier molecular flexibility index (Phi) is 5.31. The van der Waals surface area contributed by atoms with Crippen molar-refractivity contribution in [3.05, 3.63) is 77.7 Å². The van der Waals surface area contributed by atoms with Gasteiger partial charge in [-0.1, -0.05) is 24.3 Å². The Hall–Kier alpha value is -3.37. The van der Waals surface area contributed by atoms with E-state index in [0.29, 0.717) is 4.68 Å². The SMILES string of the molecule is O=C(/N=c1\ccccn1Cc1cnn(-c2ccccc2)c1C(F)(F)F)C(F)(F)F. The highest BCUT2D eigenvalue weighted by Crippen LogP contribution is 2.33. The van der Waals surface area contributed by atoms with Crippen molar-refractivity contribution in [1.29, 1.82) is 0 Å². The Morgan fingerprint density at radius 1 is 0.966 bits per heavy atom. The first-order chi connectivity index (χ1) is 13.6. The van der Waals surface area contributed by atoms with Crippen LogP contribution in [0.5, 0.6) is 0 Å². The molecule has 1 amide bonds. The second kappa shape index (κ2) is 7.57. The Morgan fingerprint density at radius 2 is 1.62 bits per heavy atom. The first-order valence-corrected chi connectivity index (χ1v) is 8.08. The van der Waals surface area contributed by atoms with E-state index < -0.39 is 36.0 Å². The zero-order valence-electron chi connectivity index (χ0n) is 14.4. The maximum atomic E-state index is 13.7. The smallest absolute Gasteiger partial charge is 0.328 e. The summed E-state index contributed by atoms with van der Waals surface area (Å²) in [5.41, 5.74) is -1.64. The fourth-order valence-electron chi connectivity index (χ4n) is 2.62. The number of aromatic nitrogens is 3. The maximum absolute atomic E-state index is 13.7. The molecule has 5 nitrogen and oxygen atoms in total. The predicted molar refractivity (Wildman–Crippen MR) is 88.7 cm³/mol. The van der Waals surface area contributed by atoms with E-state index in [-0.39, 0.29) is 11.3 Å². The zero-order valence-corrected chi connectivity index (χ0v) is 14.4. The molecule has 0 bridgehead atoms. The zero-order chi connectivity index (χ0) is 21.2. The first-order valence-electron chi connectivity index (χ1n) is 8.08. The predicted octanol–water partition coefficient (Wildman–Crippen LogP) is 3.73. The van der Waals surface area contributed by atoms with Crippen LogP contribution in [0.15, 0.2) is 65.9 Å². The monoisotopic (exact) mass is 414 g/mol. The van der Waals surface area contributed by atoms with Crippen molar-refractivity contribution in [3.63, 3.8) is 0 Å². The molecule has 1 aromatic carbocycles. The number of amides is 1. The third kappa shape index (κ3) is 4.55. The van der Waals surface area contributed by atoms with Crippen LogP contribution in [-0.2, 0) is 17.5 Å². The van der Waals surface area contributed by atoms with E-state index in [1.165, 1.54) is 30.5 Å². The van der Waals surface area contributed by atoms with Crippen LogP contribution >= 0.6 is 0 Å². The molecule has 0 aliphatic rings. The molecule has 0 atom stereocenters. The highest BCUT2D eigenvalue weighted by atomic mass is 19.4. The maximum Gasteiger partial charge on any atom is 0.473 e. The third-order valence-corrected chi connectivity index (χ3v) is 3.83. The van der Waals surface area contributed by atoms with Gasteiger partial charge in [0.05, 0.1) is 18.4 Å². The topological polar surface area (TPSA) is 52.2 Å². The number of hydrogen-bond acceptors (Lipinski definition) is 2. The number of rotatable bonds is 3. The van der Waals surface area contributed by atoms with E-state index in [1.54, 1.807) is 18.2 Å². The summed E-state index contributed by atoms with van der Waals surface area (Å²) in [6.07, 6.45) is -7.77. The van der Waals surface area contributed by atoms with Crippen LogP contribution in [0.4, 0.5) is 26.3 Å². The minimum absolute atomic E-state index is 0.168. The van der Waals surface area contributed by atoms with E-state index in [1.807, 2.05) is 0 Å². The van der Waals surface area contributed by atoms with Crippen LogP contribution in [0, 0.1) is 0 Å². The molecule has 0 saturated carbocycles. The van der Waals surface area contributed by atoms with Crippen LogP contribution in [0.2, 0.25) is 0 Å². The number of para-hydroxylation sites is 1. The summed E-state index contributed by atoms with van der Waals surface area (Å²) in [5, 5.41) is 3.78. The lowest BCUT2D eigenvalue weighted by Crippen LogP contribution is -2.28. The standard InChI is InChI=1S/C18H12F6N4O/c19-17(20,21)15-12(10-25-28(15)13-6-2-1-3-7-13)11-27-9-5-4-8-14(27)26-16(29)18(22,23)24/h1-10H,11H2/b26-14+. The number of benzene rings is 1. The molecule has 3 aromatic rings. The molecule has 0 unspecified atom stereocenters. The summed E-state index contributed by atoms with van der Waals surface area (Å²) >= 11 is 0. The number of hydrogen-bond donors (Lipinski definition) is 0. The summed E-state index contributed by atoms with van der Waals surface area (Å²) in [4.78, 5) is 14.1. The van der Waals surface area contributed by atoms with Gasteiger partial charge in [-0.05, 0) is 24.3 Å². The quantitative estimate of drug-likeness (QED) is 0.614. The number of carbonyl (C=O) groups is 1. The number of nitrogens with zero attached hydrogens (tertiary/aromatic N) is 4. The lowest BCUT2D eigenvalue weighted by atomic mass is 10.2. The molecular weight excluding hydrogens is 402 g/mol. The van der Waals surface area contributed by atoms with Gasteiger partial charge in [0.25, 0.3) is 0 Å². The lowest BCUT2D eigenvalue weighted by Gasteiger charge is -2.14. The molecule has 11 heteroatoms. The van der Waals surface area contributed by atoms with E-state index in [4.69, 9.17) is 0 Å². The molecule has 152 valence electrons. The number of pyridine rings is 1. The van der Waals surface area contributed by atoms with Crippen LogP contribution < -0.4 is 5.49 Å². The molecule has 0 aliphatic heterocycles. The number of carbonyl (C=O) groups excluding carboxylic acids is 1. The molecule has 3 rings (SSSR count). The average molecular weight is 414 g/mol. The van der Waals surface area contributed by atoms with Gasteiger partial charge in [0.15, 0.2) is 5.69 Å². The molecular formula is C18H12F6N4O. The lowest BCUT2D eigenvalue weighted by molar-refractivity contribution is -0.169. The van der Waals surface area contributed by atoms with Crippen molar-refractivity contribution in [1.82, 2.24) is 14.3 Å². The molecule has 0 aliphatic carbocycles. The largest absolute Gasteiger partial charge is 0.473 e. The fraction of sp³-hybridized carbons (Fsp3) is 0.167. The Balaban J connectivity index is 2.08. The minimum atomic E-state index is -5.19. The van der Waals surface area contributed by atoms with Crippen molar-refractivity contribution in [2.75, 3.05) is 0 Å². The Labute approximate surface area is 159 Å². The Morgan fingerprint density at radius 3 is 2.24 bits per heavy atom. The molecule has 2 aromatic heterocycles. The van der Waals surface area contributed by atoms with Gasteiger partial charge in [0.1, 0.15) is 5.49 Å². The highest BCUT2D eigenvalue weighted by Gasteiger charge is 2.39. The van der Waals surface area contributed by atoms with E-state index >= 15 is 0 Å². The van der Waals surface area contributed by atoms with Gasteiger partial charge < -0.3 is 4.57 Å². The van der Waals surface area contributed by atoms with Gasteiger partial charge >= 0.3 is 18.3 Å². The second-order valence-electron chi connectivity index (χ2n) is 5.86. The van der Waals surface area contributed by atoms with Crippen LogP contribution in [-0.4, -0.2) is 26.4 Å². The summed E-state index contributed by atoms with van der Waals surface area (Å²) in [6, 6.07) is 11.4.